The van der Waals surface area contributed by atoms with Crippen molar-refractivity contribution in [3.63, 3.8) is 0 Å². The van der Waals surface area contributed by atoms with Crippen LogP contribution in [-0.2, 0) is 6.54 Å². The van der Waals surface area contributed by atoms with Gasteiger partial charge in [0.25, 0.3) is 0 Å². The first kappa shape index (κ1) is 15.6. The van der Waals surface area contributed by atoms with Crippen molar-refractivity contribution < 1.29 is 9.50 Å². The number of halogens is 1. The Morgan fingerprint density at radius 3 is 2.53 bits per heavy atom. The van der Waals surface area contributed by atoms with Gasteiger partial charge in [0.1, 0.15) is 12.4 Å². The Morgan fingerprint density at radius 1 is 1.16 bits per heavy atom. The number of hydrogen-bond donors (Lipinski definition) is 1. The normalized spacial score (nSPS) is 10.7. The average Bonchev–Trinajstić information content (AvgIpc) is 2.33. The second kappa shape index (κ2) is 7.90. The molecule has 1 aromatic carbocycles. The zero-order valence-electron chi connectivity index (χ0n) is 11.8. The number of hydrogen-bond acceptors (Lipinski definition) is 3. The summed E-state index contributed by atoms with van der Waals surface area (Å²) in [4.78, 5) is 4.25. The van der Waals surface area contributed by atoms with Gasteiger partial charge < -0.3 is 14.9 Å². The summed E-state index contributed by atoms with van der Waals surface area (Å²) >= 11 is 0. The minimum Gasteiger partial charge on any atom is -0.384 e. The molecule has 1 rings (SSSR count). The van der Waals surface area contributed by atoms with E-state index in [-0.39, 0.29) is 12.4 Å². The second-order valence-electron chi connectivity index (χ2n) is 4.85. The van der Waals surface area contributed by atoms with Gasteiger partial charge in [-0.3, -0.25) is 0 Å². The summed E-state index contributed by atoms with van der Waals surface area (Å²) in [6, 6.07) is 4.76. The van der Waals surface area contributed by atoms with E-state index in [1.807, 2.05) is 27.2 Å². The molecule has 0 aliphatic heterocycles. The highest BCUT2D eigenvalue weighted by molar-refractivity contribution is 5.37. The predicted molar refractivity (Wildman–Crippen MR) is 75.3 cm³/mol. The van der Waals surface area contributed by atoms with Gasteiger partial charge in [0.05, 0.1) is 0 Å². The summed E-state index contributed by atoms with van der Waals surface area (Å²) < 4.78 is 13.5. The number of aliphatic hydroxyl groups excluding tert-OH is 1. The Labute approximate surface area is 114 Å². The van der Waals surface area contributed by atoms with Gasteiger partial charge in [-0.15, -0.1) is 0 Å². The molecule has 0 aliphatic carbocycles. The average molecular weight is 264 g/mol. The molecular formula is C15H21FN2O. The molecule has 0 saturated carbocycles. The minimum absolute atomic E-state index is 0.214. The molecule has 0 fully saturated rings. The van der Waals surface area contributed by atoms with E-state index in [1.165, 1.54) is 12.1 Å². The van der Waals surface area contributed by atoms with E-state index in [2.05, 4.69) is 21.6 Å². The van der Waals surface area contributed by atoms with Crippen LogP contribution < -0.4 is 0 Å². The number of aliphatic hydroxyl groups is 1. The first-order chi connectivity index (χ1) is 9.01. The quantitative estimate of drug-likeness (QED) is 0.809. The summed E-state index contributed by atoms with van der Waals surface area (Å²) in [5, 5.41) is 8.65. The third-order valence-electron chi connectivity index (χ3n) is 2.65. The monoisotopic (exact) mass is 264 g/mol. The van der Waals surface area contributed by atoms with Crippen molar-refractivity contribution in [1.29, 1.82) is 0 Å². The number of benzene rings is 1. The molecule has 0 atom stereocenters. The Morgan fingerprint density at radius 2 is 1.89 bits per heavy atom. The summed E-state index contributed by atoms with van der Waals surface area (Å²) in [5.74, 6) is 4.97. The van der Waals surface area contributed by atoms with Crippen molar-refractivity contribution >= 4 is 0 Å². The first-order valence-electron chi connectivity index (χ1n) is 6.23. The highest BCUT2D eigenvalue weighted by atomic mass is 19.1. The molecule has 1 aromatic rings. The molecule has 0 unspecified atom stereocenters. The molecule has 0 aliphatic rings. The predicted octanol–water partition coefficient (Wildman–Crippen LogP) is 1.16. The van der Waals surface area contributed by atoms with Crippen LogP contribution in [0.1, 0.15) is 11.1 Å². The smallest absolute Gasteiger partial charge is 0.124 e. The van der Waals surface area contributed by atoms with Crippen LogP contribution in [0.5, 0.6) is 0 Å². The van der Waals surface area contributed by atoms with Gasteiger partial charge in [-0.1, -0.05) is 11.8 Å². The lowest BCUT2D eigenvalue weighted by Crippen LogP contribution is -2.28. The van der Waals surface area contributed by atoms with Gasteiger partial charge >= 0.3 is 0 Å². The standard InChI is InChI=1S/C15H21FN2O/c1-17(2)6-7-18(3)12-14-9-13(5-4-8-19)10-15(16)11-14/h9-11,19H,6-8,12H2,1-3H3. The van der Waals surface area contributed by atoms with Crippen molar-refractivity contribution in [2.45, 2.75) is 6.54 Å². The lowest BCUT2D eigenvalue weighted by molar-refractivity contribution is 0.276. The molecule has 0 radical (unpaired) electrons. The fourth-order valence-electron chi connectivity index (χ4n) is 1.72. The van der Waals surface area contributed by atoms with E-state index in [0.717, 1.165) is 18.7 Å². The van der Waals surface area contributed by atoms with Crippen molar-refractivity contribution in [1.82, 2.24) is 9.80 Å². The maximum atomic E-state index is 13.5. The first-order valence-corrected chi connectivity index (χ1v) is 6.23. The molecule has 1 N–H and O–H groups in total. The minimum atomic E-state index is -0.291. The topological polar surface area (TPSA) is 26.7 Å². The third-order valence-corrected chi connectivity index (χ3v) is 2.65. The van der Waals surface area contributed by atoms with E-state index in [9.17, 15) is 4.39 Å². The number of likely N-dealkylation sites (N-methyl/N-ethyl adjacent to an activating group) is 2. The molecular weight excluding hydrogens is 243 g/mol. The SMILES string of the molecule is CN(C)CCN(C)Cc1cc(F)cc(C#CCO)c1. The summed E-state index contributed by atoms with van der Waals surface area (Å²) in [5.41, 5.74) is 1.49. The Hall–Kier alpha value is -1.41. The van der Waals surface area contributed by atoms with Crippen molar-refractivity contribution in [2.24, 2.45) is 0 Å². The van der Waals surface area contributed by atoms with Gasteiger partial charge in [-0.05, 0) is 44.9 Å². The molecule has 0 aromatic heterocycles. The summed E-state index contributed by atoms with van der Waals surface area (Å²) in [6.07, 6.45) is 0. The zero-order valence-corrected chi connectivity index (χ0v) is 11.8. The van der Waals surface area contributed by atoms with Gasteiger partial charge in [-0.25, -0.2) is 4.39 Å². The molecule has 3 nitrogen and oxygen atoms in total. The molecule has 0 spiro atoms. The van der Waals surface area contributed by atoms with Crippen molar-refractivity contribution in [3.05, 3.63) is 35.1 Å². The van der Waals surface area contributed by atoms with Gasteiger partial charge in [-0.2, -0.15) is 0 Å². The highest BCUT2D eigenvalue weighted by Crippen LogP contribution is 2.10. The fraction of sp³-hybridized carbons (Fsp3) is 0.467. The van der Waals surface area contributed by atoms with Crippen LogP contribution in [-0.4, -0.2) is 55.7 Å². The van der Waals surface area contributed by atoms with Crippen molar-refractivity contribution in [3.8, 4) is 11.8 Å². The molecule has 104 valence electrons. The molecule has 0 amide bonds. The molecule has 0 heterocycles. The molecule has 0 bridgehead atoms. The lowest BCUT2D eigenvalue weighted by atomic mass is 10.1. The second-order valence-corrected chi connectivity index (χ2v) is 4.85. The Balaban J connectivity index is 2.69. The van der Waals surface area contributed by atoms with Crippen LogP contribution in [0.3, 0.4) is 0 Å². The highest BCUT2D eigenvalue weighted by Gasteiger charge is 2.04. The lowest BCUT2D eigenvalue weighted by Gasteiger charge is -2.19. The van der Waals surface area contributed by atoms with Crippen LogP contribution in [0.25, 0.3) is 0 Å². The van der Waals surface area contributed by atoms with E-state index in [4.69, 9.17) is 5.11 Å². The Kier molecular flexibility index (Phi) is 6.51. The molecule has 4 heteroatoms. The number of rotatable bonds is 5. The summed E-state index contributed by atoms with van der Waals surface area (Å²) in [6.45, 7) is 2.35. The van der Waals surface area contributed by atoms with E-state index >= 15 is 0 Å². The van der Waals surface area contributed by atoms with Crippen LogP contribution in [0.2, 0.25) is 0 Å². The fourth-order valence-corrected chi connectivity index (χ4v) is 1.72. The van der Waals surface area contributed by atoms with E-state index in [0.29, 0.717) is 12.1 Å². The largest absolute Gasteiger partial charge is 0.384 e. The van der Waals surface area contributed by atoms with Gasteiger partial charge in [0.15, 0.2) is 0 Å². The number of nitrogens with zero attached hydrogens (tertiary/aromatic N) is 2. The van der Waals surface area contributed by atoms with Crippen molar-refractivity contribution in [2.75, 3.05) is 40.8 Å². The molecule has 19 heavy (non-hydrogen) atoms. The van der Waals surface area contributed by atoms with Crippen LogP contribution in [0, 0.1) is 17.7 Å². The summed E-state index contributed by atoms with van der Waals surface area (Å²) in [7, 11) is 6.06. The zero-order chi connectivity index (χ0) is 14.3. The van der Waals surface area contributed by atoms with Gasteiger partial charge in [0.2, 0.25) is 0 Å². The van der Waals surface area contributed by atoms with Crippen LogP contribution in [0.15, 0.2) is 18.2 Å². The van der Waals surface area contributed by atoms with Crippen LogP contribution in [0.4, 0.5) is 4.39 Å². The van der Waals surface area contributed by atoms with Crippen LogP contribution >= 0.6 is 0 Å². The maximum Gasteiger partial charge on any atom is 0.124 e. The van der Waals surface area contributed by atoms with E-state index in [1.54, 1.807) is 0 Å². The third kappa shape index (κ3) is 6.35. The maximum absolute atomic E-state index is 13.5. The Bertz CT molecular complexity index is 463. The molecule has 0 saturated heterocycles. The van der Waals surface area contributed by atoms with Gasteiger partial charge in [0, 0.05) is 25.2 Å². The van der Waals surface area contributed by atoms with E-state index < -0.39 is 0 Å².